The van der Waals surface area contributed by atoms with Gasteiger partial charge in [0.1, 0.15) is 10.6 Å². The van der Waals surface area contributed by atoms with Crippen molar-refractivity contribution in [2.24, 2.45) is 0 Å². The van der Waals surface area contributed by atoms with E-state index in [4.69, 9.17) is 10.2 Å². The predicted octanol–water partition coefficient (Wildman–Crippen LogP) is -0.191. The van der Waals surface area contributed by atoms with Crippen molar-refractivity contribution in [3.63, 3.8) is 0 Å². The van der Waals surface area contributed by atoms with E-state index in [0.29, 0.717) is 0 Å². The molecular weight excluding hydrogens is 236 g/mol. The number of carboxylic acid groups (broad SMARTS) is 2. The molecule has 0 spiro atoms. The van der Waals surface area contributed by atoms with Gasteiger partial charge in [-0.05, 0) is 0 Å². The van der Waals surface area contributed by atoms with Gasteiger partial charge < -0.3 is 10.2 Å². The SMILES string of the molecule is O=C(O)c1nc2ncc(C(=O)O)c(S)n2n1. The van der Waals surface area contributed by atoms with Gasteiger partial charge in [0, 0.05) is 6.20 Å². The summed E-state index contributed by atoms with van der Waals surface area (Å²) in [5.74, 6) is -3.04. The van der Waals surface area contributed by atoms with Crippen molar-refractivity contribution in [2.75, 3.05) is 0 Å². The molecule has 2 aromatic heterocycles. The number of hydrogen-bond acceptors (Lipinski definition) is 6. The molecular formula is C7H4N4O4S. The van der Waals surface area contributed by atoms with Crippen LogP contribution in [-0.2, 0) is 0 Å². The van der Waals surface area contributed by atoms with Gasteiger partial charge in [0.2, 0.25) is 0 Å². The predicted molar refractivity (Wildman–Crippen MR) is 52.0 cm³/mol. The highest BCUT2D eigenvalue weighted by Gasteiger charge is 2.17. The third kappa shape index (κ3) is 1.46. The van der Waals surface area contributed by atoms with Gasteiger partial charge in [-0.3, -0.25) is 0 Å². The zero-order valence-corrected chi connectivity index (χ0v) is 8.42. The highest BCUT2D eigenvalue weighted by Crippen LogP contribution is 2.13. The second kappa shape index (κ2) is 3.45. The monoisotopic (exact) mass is 240 g/mol. The molecule has 16 heavy (non-hydrogen) atoms. The summed E-state index contributed by atoms with van der Waals surface area (Å²) in [6.45, 7) is 0. The first-order valence-corrected chi connectivity index (χ1v) is 4.36. The van der Waals surface area contributed by atoms with E-state index in [9.17, 15) is 9.59 Å². The van der Waals surface area contributed by atoms with Gasteiger partial charge in [-0.2, -0.15) is 9.50 Å². The minimum atomic E-state index is -1.32. The van der Waals surface area contributed by atoms with Gasteiger partial charge in [0.25, 0.3) is 11.6 Å². The number of carbonyl (C=O) groups is 2. The van der Waals surface area contributed by atoms with E-state index in [1.165, 1.54) is 0 Å². The fourth-order valence-corrected chi connectivity index (χ4v) is 1.35. The third-order valence-electron chi connectivity index (χ3n) is 1.76. The van der Waals surface area contributed by atoms with Gasteiger partial charge in [-0.1, -0.05) is 0 Å². The van der Waals surface area contributed by atoms with E-state index >= 15 is 0 Å². The Morgan fingerprint density at radius 1 is 1.31 bits per heavy atom. The molecule has 0 fully saturated rings. The van der Waals surface area contributed by atoms with Gasteiger partial charge in [-0.15, -0.1) is 17.7 Å². The van der Waals surface area contributed by atoms with Gasteiger partial charge >= 0.3 is 11.9 Å². The van der Waals surface area contributed by atoms with Crippen LogP contribution in [0.15, 0.2) is 11.2 Å². The maximum atomic E-state index is 10.7. The molecule has 0 aliphatic heterocycles. The van der Waals surface area contributed by atoms with Gasteiger partial charge in [0.05, 0.1) is 0 Å². The maximum Gasteiger partial charge on any atom is 0.375 e. The Morgan fingerprint density at radius 3 is 2.56 bits per heavy atom. The Kier molecular flexibility index (Phi) is 2.23. The first-order chi connectivity index (χ1) is 7.50. The maximum absolute atomic E-state index is 10.7. The van der Waals surface area contributed by atoms with Crippen LogP contribution in [0.4, 0.5) is 0 Å². The number of thiol groups is 1. The average molecular weight is 240 g/mol. The number of rotatable bonds is 2. The summed E-state index contributed by atoms with van der Waals surface area (Å²) in [4.78, 5) is 28.6. The molecule has 2 heterocycles. The van der Waals surface area contributed by atoms with Crippen molar-refractivity contribution in [3.05, 3.63) is 17.6 Å². The molecule has 0 saturated heterocycles. The second-order valence-corrected chi connectivity index (χ2v) is 3.18. The first kappa shape index (κ1) is 10.4. The molecule has 2 rings (SSSR count). The number of fused-ring (bicyclic) bond motifs is 1. The minimum Gasteiger partial charge on any atom is -0.478 e. The molecule has 0 amide bonds. The van der Waals surface area contributed by atoms with Crippen LogP contribution < -0.4 is 0 Å². The summed E-state index contributed by atoms with van der Waals surface area (Å²) in [5.41, 5.74) is -0.183. The van der Waals surface area contributed by atoms with Crippen LogP contribution in [0.2, 0.25) is 0 Å². The van der Waals surface area contributed by atoms with Gasteiger partial charge in [0.15, 0.2) is 0 Å². The van der Waals surface area contributed by atoms with E-state index in [-0.39, 0.29) is 16.4 Å². The zero-order valence-electron chi connectivity index (χ0n) is 7.52. The van der Waals surface area contributed by atoms with Crippen LogP contribution in [0, 0.1) is 0 Å². The summed E-state index contributed by atoms with van der Waals surface area (Å²) in [5, 5.41) is 21.0. The molecule has 0 aliphatic rings. The Balaban J connectivity index is 2.74. The van der Waals surface area contributed by atoms with Crippen LogP contribution in [0.3, 0.4) is 0 Å². The average Bonchev–Trinajstić information content (AvgIpc) is 2.62. The number of nitrogens with zero attached hydrogens (tertiary/aromatic N) is 4. The Bertz CT molecular complexity index is 608. The topological polar surface area (TPSA) is 118 Å². The highest BCUT2D eigenvalue weighted by molar-refractivity contribution is 7.80. The fraction of sp³-hybridized carbons (Fsp3) is 0. The van der Waals surface area contributed by atoms with Crippen LogP contribution in [-0.4, -0.2) is 41.7 Å². The van der Waals surface area contributed by atoms with Crippen molar-refractivity contribution in [1.82, 2.24) is 19.6 Å². The van der Waals surface area contributed by atoms with Crippen LogP contribution in [0.1, 0.15) is 21.0 Å². The molecule has 0 bridgehead atoms. The lowest BCUT2D eigenvalue weighted by Crippen LogP contribution is -2.05. The largest absolute Gasteiger partial charge is 0.478 e. The number of aromatic carboxylic acids is 2. The Morgan fingerprint density at radius 2 is 2.00 bits per heavy atom. The summed E-state index contributed by atoms with van der Waals surface area (Å²) in [7, 11) is 0. The van der Waals surface area contributed by atoms with Crippen LogP contribution in [0.5, 0.6) is 0 Å². The van der Waals surface area contributed by atoms with Crippen molar-refractivity contribution in [2.45, 2.75) is 5.03 Å². The molecule has 0 aliphatic carbocycles. The molecule has 0 saturated carbocycles. The normalized spacial score (nSPS) is 10.6. The minimum absolute atomic E-state index is 0.0209. The van der Waals surface area contributed by atoms with Crippen LogP contribution >= 0.6 is 12.6 Å². The first-order valence-electron chi connectivity index (χ1n) is 3.92. The standard InChI is InChI=1S/C7H4N4O4S/c12-5(13)2-1-8-7-9-3(6(14)15)10-11(7)4(2)16/h1,16H,(H,12,13)(H,14,15). The number of carboxylic acids is 2. The molecule has 0 radical (unpaired) electrons. The molecule has 82 valence electrons. The lowest BCUT2D eigenvalue weighted by Gasteiger charge is -1.99. The molecule has 0 atom stereocenters. The Hall–Kier alpha value is -2.16. The molecule has 8 nitrogen and oxygen atoms in total. The quantitative estimate of drug-likeness (QED) is 0.491. The summed E-state index contributed by atoms with van der Waals surface area (Å²) < 4.78 is 0.954. The second-order valence-electron chi connectivity index (χ2n) is 2.75. The van der Waals surface area contributed by atoms with E-state index in [1.807, 2.05) is 0 Å². The smallest absolute Gasteiger partial charge is 0.375 e. The number of aromatic nitrogens is 4. The lowest BCUT2D eigenvalue weighted by atomic mass is 10.3. The third-order valence-corrected chi connectivity index (χ3v) is 2.19. The van der Waals surface area contributed by atoms with Gasteiger partial charge in [-0.25, -0.2) is 14.6 Å². The van der Waals surface area contributed by atoms with E-state index in [1.54, 1.807) is 0 Å². The highest BCUT2D eigenvalue weighted by atomic mass is 32.1. The Labute approximate surface area is 93.0 Å². The van der Waals surface area contributed by atoms with Crippen molar-refractivity contribution in [3.8, 4) is 0 Å². The molecule has 2 N–H and O–H groups in total. The summed E-state index contributed by atoms with van der Waals surface area (Å²) in [6, 6.07) is 0. The van der Waals surface area contributed by atoms with Crippen molar-refractivity contribution < 1.29 is 19.8 Å². The van der Waals surface area contributed by atoms with Crippen molar-refractivity contribution in [1.29, 1.82) is 0 Å². The van der Waals surface area contributed by atoms with Crippen LogP contribution in [0.25, 0.3) is 5.78 Å². The van der Waals surface area contributed by atoms with Crippen molar-refractivity contribution >= 4 is 30.3 Å². The fourth-order valence-electron chi connectivity index (χ4n) is 1.07. The lowest BCUT2D eigenvalue weighted by molar-refractivity contribution is 0.0678. The van der Waals surface area contributed by atoms with E-state index < -0.39 is 17.8 Å². The summed E-state index contributed by atoms with van der Waals surface area (Å²) >= 11 is 3.93. The van der Waals surface area contributed by atoms with E-state index in [0.717, 1.165) is 10.7 Å². The molecule has 0 unspecified atom stereocenters. The molecule has 2 aromatic rings. The summed E-state index contributed by atoms with van der Waals surface area (Å²) in [6.07, 6.45) is 1.04. The van der Waals surface area contributed by atoms with E-state index in [2.05, 4.69) is 27.7 Å². The molecule has 9 heteroatoms. The zero-order chi connectivity index (χ0) is 11.9. The molecule has 0 aromatic carbocycles. The number of hydrogen-bond donors (Lipinski definition) is 3.